The number of nitrogens with zero attached hydrogens (tertiary/aromatic N) is 2. The lowest BCUT2D eigenvalue weighted by Gasteiger charge is -1.98. The van der Waals surface area contributed by atoms with Gasteiger partial charge in [0.25, 0.3) is 5.69 Å². The third-order valence-corrected chi connectivity index (χ3v) is 1.75. The number of esters is 1. The van der Waals surface area contributed by atoms with Gasteiger partial charge in [-0.3, -0.25) is 10.1 Å². The van der Waals surface area contributed by atoms with Crippen LogP contribution in [0.25, 0.3) is 6.08 Å². The van der Waals surface area contributed by atoms with Gasteiger partial charge < -0.3 is 10.5 Å². The average molecular weight is 223 g/mol. The molecule has 2 N–H and O–H groups in total. The second-order valence-electron chi connectivity index (χ2n) is 2.78. The van der Waals surface area contributed by atoms with Gasteiger partial charge in [0.15, 0.2) is 0 Å². The van der Waals surface area contributed by atoms with Crippen molar-refractivity contribution in [1.29, 1.82) is 0 Å². The fraction of sp³-hybridized carbons (Fsp3) is 0.111. The fourth-order valence-electron chi connectivity index (χ4n) is 0.940. The number of hydrogen-bond donors (Lipinski definition) is 1. The van der Waals surface area contributed by atoms with Crippen LogP contribution in [0, 0.1) is 10.1 Å². The van der Waals surface area contributed by atoms with Crippen LogP contribution in [0.2, 0.25) is 0 Å². The largest absolute Gasteiger partial charge is 0.466 e. The average Bonchev–Trinajstić information content (AvgIpc) is 2.27. The van der Waals surface area contributed by atoms with E-state index in [-0.39, 0.29) is 11.5 Å². The first-order valence-corrected chi connectivity index (χ1v) is 4.20. The smallest absolute Gasteiger partial charge is 0.330 e. The van der Waals surface area contributed by atoms with Crippen molar-refractivity contribution in [3.8, 4) is 0 Å². The molecule has 0 spiro atoms. The van der Waals surface area contributed by atoms with Gasteiger partial charge in [-0.25, -0.2) is 9.78 Å². The van der Waals surface area contributed by atoms with Crippen molar-refractivity contribution in [3.05, 3.63) is 34.0 Å². The lowest BCUT2D eigenvalue weighted by atomic mass is 10.2. The van der Waals surface area contributed by atoms with Crippen LogP contribution in [0.3, 0.4) is 0 Å². The summed E-state index contributed by atoms with van der Waals surface area (Å²) in [5.41, 5.74) is 5.58. The van der Waals surface area contributed by atoms with Crippen molar-refractivity contribution < 1.29 is 14.5 Å². The summed E-state index contributed by atoms with van der Waals surface area (Å²) >= 11 is 0. The molecule has 0 aliphatic rings. The Morgan fingerprint density at radius 2 is 2.38 bits per heavy atom. The van der Waals surface area contributed by atoms with Gasteiger partial charge in [0.2, 0.25) is 0 Å². The van der Waals surface area contributed by atoms with E-state index < -0.39 is 10.9 Å². The molecule has 1 aromatic heterocycles. The van der Waals surface area contributed by atoms with E-state index in [0.717, 1.165) is 12.3 Å². The molecule has 7 heteroatoms. The monoisotopic (exact) mass is 223 g/mol. The number of nitrogens with two attached hydrogens (primary N) is 1. The predicted molar refractivity (Wildman–Crippen MR) is 56.4 cm³/mol. The lowest BCUT2D eigenvalue weighted by molar-refractivity contribution is -0.385. The molecule has 0 aliphatic heterocycles. The summed E-state index contributed by atoms with van der Waals surface area (Å²) in [6.45, 7) is 0. The van der Waals surface area contributed by atoms with Gasteiger partial charge in [0.05, 0.1) is 12.0 Å². The molecular weight excluding hydrogens is 214 g/mol. The minimum absolute atomic E-state index is 0.103. The number of aromatic nitrogens is 1. The first-order valence-electron chi connectivity index (χ1n) is 4.20. The molecule has 0 unspecified atom stereocenters. The number of rotatable bonds is 3. The summed E-state index contributed by atoms with van der Waals surface area (Å²) in [5.74, 6) is -0.475. The molecule has 7 nitrogen and oxygen atoms in total. The molecule has 0 aromatic carbocycles. The van der Waals surface area contributed by atoms with Gasteiger partial charge in [-0.05, 0) is 6.08 Å². The lowest BCUT2D eigenvalue weighted by Crippen LogP contribution is -1.98. The molecular formula is C9H9N3O4. The SMILES string of the molecule is COC(=O)C=Cc1cc([N+](=O)[O-])cnc1N. The summed E-state index contributed by atoms with van der Waals surface area (Å²) in [5, 5.41) is 10.5. The number of ether oxygens (including phenoxy) is 1. The molecule has 16 heavy (non-hydrogen) atoms. The van der Waals surface area contributed by atoms with Crippen molar-refractivity contribution in [1.82, 2.24) is 4.98 Å². The van der Waals surface area contributed by atoms with Crippen LogP contribution in [0.1, 0.15) is 5.56 Å². The second kappa shape index (κ2) is 4.87. The quantitative estimate of drug-likeness (QED) is 0.350. The van der Waals surface area contributed by atoms with Crippen LogP contribution in [-0.4, -0.2) is 23.0 Å². The zero-order valence-corrected chi connectivity index (χ0v) is 8.41. The number of carbonyl (C=O) groups is 1. The summed E-state index contributed by atoms with van der Waals surface area (Å²) < 4.78 is 4.37. The minimum atomic E-state index is -0.595. The van der Waals surface area contributed by atoms with E-state index >= 15 is 0 Å². The van der Waals surface area contributed by atoms with E-state index in [2.05, 4.69) is 9.72 Å². The van der Waals surface area contributed by atoms with Crippen molar-refractivity contribution in [2.75, 3.05) is 12.8 Å². The maximum atomic E-state index is 10.8. The number of anilines is 1. The third kappa shape index (κ3) is 2.77. The number of hydrogen-bond acceptors (Lipinski definition) is 6. The summed E-state index contributed by atoms with van der Waals surface area (Å²) in [6.07, 6.45) is 3.46. The van der Waals surface area contributed by atoms with Gasteiger partial charge in [-0.15, -0.1) is 0 Å². The molecule has 0 atom stereocenters. The highest BCUT2D eigenvalue weighted by molar-refractivity contribution is 5.88. The maximum Gasteiger partial charge on any atom is 0.330 e. The van der Waals surface area contributed by atoms with Gasteiger partial charge in [-0.2, -0.15) is 0 Å². The maximum absolute atomic E-state index is 10.8. The highest BCUT2D eigenvalue weighted by atomic mass is 16.6. The molecule has 1 heterocycles. The molecule has 1 aromatic rings. The summed E-state index contributed by atoms with van der Waals surface area (Å²) in [4.78, 5) is 24.3. The number of nitrogen functional groups attached to an aromatic ring is 1. The van der Waals surface area contributed by atoms with Gasteiger partial charge in [0, 0.05) is 17.7 Å². The first kappa shape index (κ1) is 11.6. The van der Waals surface area contributed by atoms with Crippen LogP contribution < -0.4 is 5.73 Å². The number of carbonyl (C=O) groups excluding carboxylic acids is 1. The van der Waals surface area contributed by atoms with E-state index in [0.29, 0.717) is 5.56 Å². The summed E-state index contributed by atoms with van der Waals surface area (Å²) in [7, 11) is 1.22. The van der Waals surface area contributed by atoms with Crippen molar-refractivity contribution in [2.45, 2.75) is 0 Å². The molecule has 0 saturated heterocycles. The van der Waals surface area contributed by atoms with Crippen LogP contribution >= 0.6 is 0 Å². The normalized spacial score (nSPS) is 10.3. The third-order valence-electron chi connectivity index (χ3n) is 1.75. The molecule has 0 fully saturated rings. The van der Waals surface area contributed by atoms with Crippen LogP contribution in [0.5, 0.6) is 0 Å². The summed E-state index contributed by atoms with van der Waals surface area (Å²) in [6, 6.07) is 1.22. The Labute approximate surface area is 90.7 Å². The van der Waals surface area contributed by atoms with E-state index in [4.69, 9.17) is 5.73 Å². The van der Waals surface area contributed by atoms with Crippen molar-refractivity contribution in [2.24, 2.45) is 0 Å². The zero-order valence-electron chi connectivity index (χ0n) is 8.41. The minimum Gasteiger partial charge on any atom is -0.466 e. The Morgan fingerprint density at radius 3 is 2.94 bits per heavy atom. The van der Waals surface area contributed by atoms with Crippen LogP contribution in [-0.2, 0) is 9.53 Å². The van der Waals surface area contributed by atoms with Crippen molar-refractivity contribution >= 4 is 23.6 Å². The van der Waals surface area contributed by atoms with Gasteiger partial charge in [-0.1, -0.05) is 0 Å². The number of pyridine rings is 1. The van der Waals surface area contributed by atoms with Crippen LogP contribution in [0.4, 0.5) is 11.5 Å². The highest BCUT2D eigenvalue weighted by Gasteiger charge is 2.08. The first-order chi connectivity index (χ1) is 7.54. The van der Waals surface area contributed by atoms with Crippen molar-refractivity contribution in [3.63, 3.8) is 0 Å². The molecule has 0 saturated carbocycles. The molecule has 0 aliphatic carbocycles. The van der Waals surface area contributed by atoms with E-state index in [9.17, 15) is 14.9 Å². The molecule has 0 bridgehead atoms. The molecule has 0 radical (unpaired) electrons. The fourth-order valence-corrected chi connectivity index (χ4v) is 0.940. The molecule has 84 valence electrons. The van der Waals surface area contributed by atoms with E-state index in [1.54, 1.807) is 0 Å². The standard InChI is InChI=1S/C9H9N3O4/c1-16-8(13)3-2-6-4-7(12(14)15)5-11-9(6)10/h2-5H,1H3,(H2,10,11). The number of nitro groups is 1. The molecule has 0 amide bonds. The molecule has 1 rings (SSSR count). The van der Waals surface area contributed by atoms with Gasteiger partial charge in [0.1, 0.15) is 12.0 Å². The van der Waals surface area contributed by atoms with E-state index in [1.807, 2.05) is 0 Å². The van der Waals surface area contributed by atoms with Gasteiger partial charge >= 0.3 is 5.97 Å². The highest BCUT2D eigenvalue weighted by Crippen LogP contribution is 2.17. The second-order valence-corrected chi connectivity index (χ2v) is 2.78. The Kier molecular flexibility index (Phi) is 3.54. The predicted octanol–water partition coefficient (Wildman–Crippen LogP) is 0.758. The zero-order chi connectivity index (χ0) is 12.1. The Bertz CT molecular complexity index is 456. The Morgan fingerprint density at radius 1 is 1.69 bits per heavy atom. The van der Waals surface area contributed by atoms with E-state index in [1.165, 1.54) is 19.3 Å². The Hall–Kier alpha value is -2.44. The van der Waals surface area contributed by atoms with Crippen LogP contribution in [0.15, 0.2) is 18.3 Å². The Balaban J connectivity index is 3.03. The topological polar surface area (TPSA) is 108 Å². The number of methoxy groups -OCH3 is 1.